The number of carbonyl (C=O) groups excluding carboxylic acids is 1. The van der Waals surface area contributed by atoms with Gasteiger partial charge in [0, 0.05) is 16.1 Å². The van der Waals surface area contributed by atoms with Crippen molar-refractivity contribution in [3.8, 4) is 28.0 Å². The number of halogens is 1. The Hall–Kier alpha value is -4.09. The molecule has 6 heteroatoms. The van der Waals surface area contributed by atoms with E-state index < -0.39 is 12.0 Å². The number of rotatable bonds is 8. The van der Waals surface area contributed by atoms with Crippen molar-refractivity contribution in [3.63, 3.8) is 0 Å². The molecule has 5 nitrogen and oxygen atoms in total. The van der Waals surface area contributed by atoms with Crippen LogP contribution in [0.3, 0.4) is 0 Å². The Morgan fingerprint density at radius 2 is 1.49 bits per heavy atom. The molecule has 4 aromatic carbocycles. The van der Waals surface area contributed by atoms with Gasteiger partial charge in [0.15, 0.2) is 0 Å². The van der Waals surface area contributed by atoms with Crippen LogP contribution in [0.2, 0.25) is 5.02 Å². The first-order valence-electron chi connectivity index (χ1n) is 11.1. The second-order valence-corrected chi connectivity index (χ2v) is 8.47. The summed E-state index contributed by atoms with van der Waals surface area (Å²) in [6.45, 7) is 0. The van der Waals surface area contributed by atoms with E-state index >= 15 is 0 Å². The topological polar surface area (TPSA) is 75.6 Å². The predicted molar refractivity (Wildman–Crippen MR) is 138 cm³/mol. The van der Waals surface area contributed by atoms with Crippen molar-refractivity contribution in [2.75, 3.05) is 7.11 Å². The number of carboxylic acids is 1. The molecule has 2 N–H and O–H groups in total. The quantitative estimate of drug-likeness (QED) is 0.294. The first kappa shape index (κ1) is 24.0. The molecule has 0 saturated heterocycles. The standard InChI is InChI=1S/C29H24ClNO4/c1-35-27-16-15-24(30)17-25(27)21-9-13-23(14-10-21)29(34)31-26(18-28(32)33)22-11-7-20(8-12-22)19-5-3-2-4-6-19/h2-17,26H,18H2,1H3,(H,31,34)(H,32,33). The molecule has 0 aliphatic rings. The van der Waals surface area contributed by atoms with Gasteiger partial charge in [-0.2, -0.15) is 0 Å². The maximum atomic E-state index is 13.0. The molecule has 35 heavy (non-hydrogen) atoms. The molecule has 0 heterocycles. The van der Waals surface area contributed by atoms with Crippen LogP contribution in [-0.2, 0) is 4.79 Å². The lowest BCUT2D eigenvalue weighted by atomic mass is 9.98. The van der Waals surface area contributed by atoms with Gasteiger partial charge in [-0.25, -0.2) is 0 Å². The van der Waals surface area contributed by atoms with E-state index in [0.717, 1.165) is 27.8 Å². The molecule has 0 spiro atoms. The Labute approximate surface area is 209 Å². The van der Waals surface area contributed by atoms with Gasteiger partial charge in [0.25, 0.3) is 5.91 Å². The first-order valence-corrected chi connectivity index (χ1v) is 11.4. The lowest BCUT2D eigenvalue weighted by Gasteiger charge is -2.18. The van der Waals surface area contributed by atoms with Crippen LogP contribution in [-0.4, -0.2) is 24.1 Å². The number of nitrogens with one attached hydrogen (secondary N) is 1. The van der Waals surface area contributed by atoms with E-state index in [1.807, 2.05) is 66.7 Å². The monoisotopic (exact) mass is 485 g/mol. The minimum absolute atomic E-state index is 0.228. The fourth-order valence-corrected chi connectivity index (χ4v) is 4.09. The van der Waals surface area contributed by atoms with Crippen LogP contribution in [0, 0.1) is 0 Å². The number of amides is 1. The van der Waals surface area contributed by atoms with E-state index in [1.165, 1.54) is 0 Å². The predicted octanol–water partition coefficient (Wildman–Crippen LogP) is 6.63. The van der Waals surface area contributed by atoms with Crippen molar-refractivity contribution in [2.24, 2.45) is 0 Å². The van der Waals surface area contributed by atoms with Crippen LogP contribution >= 0.6 is 11.6 Å². The number of benzene rings is 4. The maximum absolute atomic E-state index is 13.0. The largest absolute Gasteiger partial charge is 0.496 e. The van der Waals surface area contributed by atoms with Crippen molar-refractivity contribution in [2.45, 2.75) is 12.5 Å². The summed E-state index contributed by atoms with van der Waals surface area (Å²) in [6, 6.07) is 29.1. The fraction of sp³-hybridized carbons (Fsp3) is 0.103. The molecule has 1 unspecified atom stereocenters. The first-order chi connectivity index (χ1) is 16.9. The van der Waals surface area contributed by atoms with Gasteiger partial charge in [0.05, 0.1) is 19.6 Å². The number of hydrogen-bond donors (Lipinski definition) is 2. The minimum Gasteiger partial charge on any atom is -0.496 e. The minimum atomic E-state index is -0.995. The maximum Gasteiger partial charge on any atom is 0.305 e. The summed E-state index contributed by atoms with van der Waals surface area (Å²) in [4.78, 5) is 24.5. The zero-order chi connectivity index (χ0) is 24.8. The Kier molecular flexibility index (Phi) is 7.48. The van der Waals surface area contributed by atoms with Gasteiger partial charge in [-0.15, -0.1) is 0 Å². The molecule has 0 saturated carbocycles. The third-order valence-electron chi connectivity index (χ3n) is 5.72. The second kappa shape index (κ2) is 10.9. The van der Waals surface area contributed by atoms with Gasteiger partial charge in [0.1, 0.15) is 5.75 Å². The molecule has 176 valence electrons. The molecule has 0 fully saturated rings. The molecule has 0 radical (unpaired) electrons. The number of hydrogen-bond acceptors (Lipinski definition) is 3. The summed E-state index contributed by atoms with van der Waals surface area (Å²) in [5.41, 5.74) is 4.89. The van der Waals surface area contributed by atoms with Gasteiger partial charge in [-0.05, 0) is 52.6 Å². The highest BCUT2D eigenvalue weighted by Gasteiger charge is 2.19. The van der Waals surface area contributed by atoms with Crippen LogP contribution in [0.4, 0.5) is 0 Å². The normalized spacial score (nSPS) is 11.5. The Morgan fingerprint density at radius 3 is 2.11 bits per heavy atom. The van der Waals surface area contributed by atoms with Crippen LogP contribution in [0.15, 0.2) is 97.1 Å². The number of ether oxygens (including phenoxy) is 1. The van der Waals surface area contributed by atoms with Gasteiger partial charge < -0.3 is 15.2 Å². The molecule has 4 rings (SSSR count). The van der Waals surface area contributed by atoms with Crippen molar-refractivity contribution < 1.29 is 19.4 Å². The summed E-state index contributed by atoms with van der Waals surface area (Å²) in [5, 5.41) is 12.9. The van der Waals surface area contributed by atoms with Crippen molar-refractivity contribution in [3.05, 3.63) is 113 Å². The third-order valence-corrected chi connectivity index (χ3v) is 5.96. The summed E-state index contributed by atoms with van der Waals surface area (Å²) in [5.74, 6) is -0.675. The summed E-state index contributed by atoms with van der Waals surface area (Å²) >= 11 is 6.14. The average Bonchev–Trinajstić information content (AvgIpc) is 2.88. The van der Waals surface area contributed by atoms with Gasteiger partial charge in [-0.3, -0.25) is 9.59 Å². The molecule has 1 amide bonds. The van der Waals surface area contributed by atoms with Crippen LogP contribution in [0.5, 0.6) is 5.75 Å². The van der Waals surface area contributed by atoms with E-state index in [0.29, 0.717) is 16.3 Å². The smallest absolute Gasteiger partial charge is 0.305 e. The molecule has 0 aliphatic carbocycles. The highest BCUT2D eigenvalue weighted by molar-refractivity contribution is 6.31. The number of carboxylic acid groups (broad SMARTS) is 1. The Morgan fingerprint density at radius 1 is 0.857 bits per heavy atom. The average molecular weight is 486 g/mol. The molecular formula is C29H24ClNO4. The van der Waals surface area contributed by atoms with E-state index in [4.69, 9.17) is 16.3 Å². The van der Waals surface area contributed by atoms with Crippen molar-refractivity contribution >= 4 is 23.5 Å². The number of aliphatic carboxylic acids is 1. The Bertz CT molecular complexity index is 1320. The molecule has 0 aromatic heterocycles. The molecule has 1 atom stereocenters. The highest BCUT2D eigenvalue weighted by Crippen LogP contribution is 2.32. The summed E-state index contributed by atoms with van der Waals surface area (Å²) in [7, 11) is 1.59. The lowest BCUT2D eigenvalue weighted by molar-refractivity contribution is -0.137. The number of carbonyl (C=O) groups is 2. The zero-order valence-electron chi connectivity index (χ0n) is 19.1. The van der Waals surface area contributed by atoms with Crippen molar-refractivity contribution in [1.82, 2.24) is 5.32 Å². The van der Waals surface area contributed by atoms with Crippen molar-refractivity contribution in [1.29, 1.82) is 0 Å². The van der Waals surface area contributed by atoms with Gasteiger partial charge in [0.2, 0.25) is 0 Å². The van der Waals surface area contributed by atoms with E-state index in [9.17, 15) is 14.7 Å². The van der Waals surface area contributed by atoms with E-state index in [-0.39, 0.29) is 12.3 Å². The van der Waals surface area contributed by atoms with Gasteiger partial charge in [-0.1, -0.05) is 78.3 Å². The van der Waals surface area contributed by atoms with E-state index in [1.54, 1.807) is 37.4 Å². The highest BCUT2D eigenvalue weighted by atomic mass is 35.5. The summed E-state index contributed by atoms with van der Waals surface area (Å²) in [6.07, 6.45) is -0.228. The molecule has 0 aliphatic heterocycles. The zero-order valence-corrected chi connectivity index (χ0v) is 19.8. The van der Waals surface area contributed by atoms with Gasteiger partial charge >= 0.3 is 5.97 Å². The molecular weight excluding hydrogens is 462 g/mol. The molecule has 0 bridgehead atoms. The Balaban J connectivity index is 1.53. The van der Waals surface area contributed by atoms with Crippen LogP contribution < -0.4 is 10.1 Å². The SMILES string of the molecule is COc1ccc(Cl)cc1-c1ccc(C(=O)NC(CC(=O)O)c2ccc(-c3ccccc3)cc2)cc1. The molecule has 4 aromatic rings. The van der Waals surface area contributed by atoms with E-state index in [2.05, 4.69) is 5.32 Å². The second-order valence-electron chi connectivity index (χ2n) is 8.03. The third kappa shape index (κ3) is 5.89. The lowest BCUT2D eigenvalue weighted by Crippen LogP contribution is -2.30. The summed E-state index contributed by atoms with van der Waals surface area (Å²) < 4.78 is 5.41. The van der Waals surface area contributed by atoms with Crippen LogP contribution in [0.25, 0.3) is 22.3 Å². The van der Waals surface area contributed by atoms with Crippen LogP contribution in [0.1, 0.15) is 28.4 Å². The fourth-order valence-electron chi connectivity index (χ4n) is 3.91. The number of methoxy groups -OCH3 is 1.